The first-order valence-electron chi connectivity index (χ1n) is 10.0. The fourth-order valence-corrected chi connectivity index (χ4v) is 4.15. The number of aliphatic hydroxyl groups is 1. The summed E-state index contributed by atoms with van der Waals surface area (Å²) < 4.78 is 0. The van der Waals surface area contributed by atoms with E-state index in [9.17, 15) is 14.7 Å². The van der Waals surface area contributed by atoms with Crippen LogP contribution in [0, 0.1) is 6.92 Å². The predicted molar refractivity (Wildman–Crippen MR) is 124 cm³/mol. The second kappa shape index (κ2) is 7.66. The fraction of sp³-hybridized carbons (Fsp3) is 0.0800. The number of nitrogens with zero attached hydrogens (tertiary/aromatic N) is 2. The van der Waals surface area contributed by atoms with Crippen molar-refractivity contribution in [3.63, 3.8) is 0 Å². The van der Waals surface area contributed by atoms with Gasteiger partial charge in [0.15, 0.2) is 0 Å². The number of benzene rings is 3. The van der Waals surface area contributed by atoms with Crippen molar-refractivity contribution in [3.8, 4) is 0 Å². The summed E-state index contributed by atoms with van der Waals surface area (Å²) in [7, 11) is 0. The van der Waals surface area contributed by atoms with Gasteiger partial charge in [0.05, 0.1) is 22.6 Å². The van der Waals surface area contributed by atoms with Gasteiger partial charge in [0.1, 0.15) is 5.76 Å². The summed E-state index contributed by atoms with van der Waals surface area (Å²) in [6.45, 7) is 1.93. The Kier molecular flexibility index (Phi) is 4.79. The van der Waals surface area contributed by atoms with Crippen LogP contribution < -0.4 is 4.90 Å². The maximum Gasteiger partial charge on any atom is 0.302 e. The van der Waals surface area contributed by atoms with E-state index >= 15 is 0 Å². The van der Waals surface area contributed by atoms with Crippen LogP contribution in [0.1, 0.15) is 22.7 Å². The Morgan fingerprint density at radius 2 is 1.78 bits per heavy atom. The Morgan fingerprint density at radius 3 is 2.50 bits per heavy atom. The topological polar surface area (TPSA) is 86.3 Å². The summed E-state index contributed by atoms with van der Waals surface area (Å²) in [4.78, 5) is 35.4. The van der Waals surface area contributed by atoms with Crippen LogP contribution >= 0.6 is 11.6 Å². The first kappa shape index (κ1) is 20.0. The molecule has 2 N–H and O–H groups in total. The van der Waals surface area contributed by atoms with Crippen molar-refractivity contribution in [1.82, 2.24) is 9.97 Å². The first-order valence-corrected chi connectivity index (χ1v) is 10.4. The molecule has 7 heteroatoms. The number of H-pyrrole nitrogens is 1. The van der Waals surface area contributed by atoms with Crippen molar-refractivity contribution in [3.05, 3.63) is 100 Å². The lowest BCUT2D eigenvalue weighted by molar-refractivity contribution is -0.132. The van der Waals surface area contributed by atoms with Gasteiger partial charge in [-0.15, -0.1) is 0 Å². The molecule has 1 aromatic heterocycles. The zero-order valence-corrected chi connectivity index (χ0v) is 17.8. The highest BCUT2D eigenvalue weighted by atomic mass is 35.5. The van der Waals surface area contributed by atoms with E-state index in [0.29, 0.717) is 21.7 Å². The van der Waals surface area contributed by atoms with Gasteiger partial charge in [-0.2, -0.15) is 0 Å². The number of anilines is 1. The van der Waals surface area contributed by atoms with E-state index < -0.39 is 17.7 Å². The molecule has 0 radical (unpaired) electrons. The van der Waals surface area contributed by atoms with Crippen LogP contribution in [0.2, 0.25) is 5.02 Å². The van der Waals surface area contributed by atoms with E-state index in [1.807, 2.05) is 55.5 Å². The van der Waals surface area contributed by atoms with Crippen LogP contribution in [0.25, 0.3) is 16.8 Å². The third-order valence-corrected chi connectivity index (χ3v) is 5.78. The van der Waals surface area contributed by atoms with Crippen molar-refractivity contribution in [1.29, 1.82) is 0 Å². The van der Waals surface area contributed by atoms with Crippen LogP contribution in [0.15, 0.2) is 78.4 Å². The number of para-hydroxylation sites is 2. The van der Waals surface area contributed by atoms with Crippen LogP contribution in [-0.4, -0.2) is 26.8 Å². The number of amides is 1. The highest BCUT2D eigenvalue weighted by Gasteiger charge is 2.48. The largest absolute Gasteiger partial charge is 0.507 e. The van der Waals surface area contributed by atoms with Crippen molar-refractivity contribution in [2.75, 3.05) is 4.90 Å². The molecule has 5 rings (SSSR count). The van der Waals surface area contributed by atoms with E-state index in [0.717, 1.165) is 11.1 Å². The zero-order chi connectivity index (χ0) is 22.4. The van der Waals surface area contributed by atoms with Gasteiger partial charge in [0, 0.05) is 10.6 Å². The number of imidazole rings is 1. The number of hydrogen-bond acceptors (Lipinski definition) is 4. The molecule has 2 heterocycles. The molecule has 4 aromatic rings. The van der Waals surface area contributed by atoms with Crippen molar-refractivity contribution < 1.29 is 14.7 Å². The number of fused-ring (bicyclic) bond motifs is 1. The molecule has 0 spiro atoms. The van der Waals surface area contributed by atoms with E-state index in [4.69, 9.17) is 11.6 Å². The number of aliphatic hydroxyl groups excluding tert-OH is 1. The highest BCUT2D eigenvalue weighted by Crippen LogP contribution is 2.41. The molecule has 1 aliphatic rings. The van der Waals surface area contributed by atoms with Gasteiger partial charge < -0.3 is 10.1 Å². The number of aromatic amines is 1. The van der Waals surface area contributed by atoms with Gasteiger partial charge in [-0.1, -0.05) is 53.6 Å². The van der Waals surface area contributed by atoms with Crippen molar-refractivity contribution >= 4 is 46.0 Å². The molecule has 1 atom stereocenters. The van der Waals surface area contributed by atoms with Gasteiger partial charge in [0.25, 0.3) is 5.78 Å². The number of halogens is 1. The lowest BCUT2D eigenvalue weighted by atomic mass is 9.94. The molecule has 6 nitrogen and oxygen atoms in total. The monoisotopic (exact) mass is 443 g/mol. The number of Topliss-reactive ketones (excluding diaryl/α,β-unsaturated/α-hetero) is 1. The lowest BCUT2D eigenvalue weighted by Gasteiger charge is -2.23. The van der Waals surface area contributed by atoms with E-state index in [2.05, 4.69) is 9.97 Å². The number of aromatic nitrogens is 2. The zero-order valence-electron chi connectivity index (χ0n) is 17.0. The standard InChI is InChI=1S/C25H18ClN3O3/c1-14-5-4-6-16(13-14)21-20(22(30)15-9-11-17(26)12-10-15)23(31)24(32)29(21)25-27-18-7-2-3-8-19(18)28-25/h2-13,21,30H,1H3,(H,27,28)/b22-20+. The average Bonchev–Trinajstić information content (AvgIpc) is 3.32. The summed E-state index contributed by atoms with van der Waals surface area (Å²) in [5, 5.41) is 11.6. The van der Waals surface area contributed by atoms with E-state index in [1.54, 1.807) is 24.3 Å². The number of carbonyl (C=O) groups excluding carboxylic acids is 2. The fourth-order valence-electron chi connectivity index (χ4n) is 4.02. The number of ketones is 1. The number of hydrogen-bond donors (Lipinski definition) is 2. The molecule has 1 saturated heterocycles. The molecule has 0 bridgehead atoms. The third-order valence-electron chi connectivity index (χ3n) is 5.53. The second-order valence-electron chi connectivity index (χ2n) is 7.67. The maximum absolute atomic E-state index is 13.2. The number of aryl methyl sites for hydroxylation is 1. The minimum Gasteiger partial charge on any atom is -0.507 e. The molecule has 158 valence electrons. The minimum atomic E-state index is -0.842. The molecule has 0 aliphatic carbocycles. The molecule has 0 saturated carbocycles. The van der Waals surface area contributed by atoms with Gasteiger partial charge >= 0.3 is 5.91 Å². The maximum atomic E-state index is 13.2. The quantitative estimate of drug-likeness (QED) is 0.260. The first-order chi connectivity index (χ1) is 15.4. The molecule has 1 unspecified atom stereocenters. The molecule has 1 amide bonds. The Bertz CT molecular complexity index is 1370. The SMILES string of the molecule is Cc1cccc(C2/C(=C(\O)c3ccc(Cl)cc3)C(=O)C(=O)N2c2nc3ccccc3[nH]2)c1. The molecule has 1 aliphatic heterocycles. The summed E-state index contributed by atoms with van der Waals surface area (Å²) in [6.07, 6.45) is 0. The van der Waals surface area contributed by atoms with Crippen molar-refractivity contribution in [2.45, 2.75) is 13.0 Å². The molecular formula is C25H18ClN3O3. The van der Waals surface area contributed by atoms with E-state index in [-0.39, 0.29) is 17.3 Å². The highest BCUT2D eigenvalue weighted by molar-refractivity contribution is 6.51. The summed E-state index contributed by atoms with van der Waals surface area (Å²) >= 11 is 5.97. The smallest absolute Gasteiger partial charge is 0.302 e. The number of rotatable bonds is 3. The molecule has 1 fully saturated rings. The molecule has 3 aromatic carbocycles. The number of nitrogens with one attached hydrogen (secondary N) is 1. The van der Waals surface area contributed by atoms with Crippen LogP contribution in [-0.2, 0) is 9.59 Å². The summed E-state index contributed by atoms with van der Waals surface area (Å²) in [5.74, 6) is -1.55. The molecular weight excluding hydrogens is 426 g/mol. The number of carbonyl (C=O) groups is 2. The van der Waals surface area contributed by atoms with Crippen LogP contribution in [0.4, 0.5) is 5.95 Å². The summed E-state index contributed by atoms with van der Waals surface area (Å²) in [6, 6.07) is 20.5. The van der Waals surface area contributed by atoms with Gasteiger partial charge in [-0.05, 0) is 48.9 Å². The van der Waals surface area contributed by atoms with E-state index in [1.165, 1.54) is 4.90 Å². The Balaban J connectivity index is 1.74. The molecule has 32 heavy (non-hydrogen) atoms. The lowest BCUT2D eigenvalue weighted by Crippen LogP contribution is -2.30. The van der Waals surface area contributed by atoms with Gasteiger partial charge in [-0.3, -0.25) is 14.5 Å². The van der Waals surface area contributed by atoms with Crippen molar-refractivity contribution in [2.24, 2.45) is 0 Å². The predicted octanol–water partition coefficient (Wildman–Crippen LogP) is 5.15. The van der Waals surface area contributed by atoms with Crippen LogP contribution in [0.3, 0.4) is 0 Å². The Hall–Kier alpha value is -3.90. The average molecular weight is 444 g/mol. The Morgan fingerprint density at radius 1 is 1.03 bits per heavy atom. The normalized spacial score (nSPS) is 17.9. The van der Waals surface area contributed by atoms with Gasteiger partial charge in [-0.25, -0.2) is 4.98 Å². The summed E-state index contributed by atoms with van der Waals surface area (Å²) in [5.41, 5.74) is 3.47. The van der Waals surface area contributed by atoms with Gasteiger partial charge in [0.2, 0.25) is 5.95 Å². The second-order valence-corrected chi connectivity index (χ2v) is 8.10. The van der Waals surface area contributed by atoms with Crippen LogP contribution in [0.5, 0.6) is 0 Å². The third kappa shape index (κ3) is 3.25. The Labute approximate surface area is 188 Å². The minimum absolute atomic E-state index is 0.00313.